The first-order valence-electron chi connectivity index (χ1n) is 7.65. The van der Waals surface area contributed by atoms with Crippen LogP contribution in [0.25, 0.3) is 0 Å². The summed E-state index contributed by atoms with van der Waals surface area (Å²) in [6, 6.07) is 15.3. The summed E-state index contributed by atoms with van der Waals surface area (Å²) in [5.41, 5.74) is 1.63. The summed E-state index contributed by atoms with van der Waals surface area (Å²) in [7, 11) is 1.58. The third-order valence-corrected chi connectivity index (χ3v) is 3.53. The zero-order valence-electron chi connectivity index (χ0n) is 14.0. The predicted octanol–water partition coefficient (Wildman–Crippen LogP) is 2.43. The van der Waals surface area contributed by atoms with Crippen molar-refractivity contribution in [2.24, 2.45) is 0 Å². The molecule has 2 rings (SSSR count). The van der Waals surface area contributed by atoms with Crippen LogP contribution in [0.2, 0.25) is 0 Å². The molecule has 128 valence electrons. The molecule has 0 bridgehead atoms. The molecule has 0 unspecified atom stereocenters. The normalized spacial score (nSPS) is 11.1. The van der Waals surface area contributed by atoms with Gasteiger partial charge in [0.1, 0.15) is 5.75 Å². The lowest BCUT2D eigenvalue weighted by atomic mass is 10.1. The quantitative estimate of drug-likeness (QED) is 0.817. The minimum Gasteiger partial charge on any atom is -0.497 e. The molecule has 0 heterocycles. The topological polar surface area (TPSA) is 88.4 Å². The molecule has 0 radical (unpaired) electrons. The number of benzene rings is 2. The minimum atomic E-state index is -0.929. The van der Waals surface area contributed by atoms with Gasteiger partial charge in [-0.05, 0) is 48.9 Å². The second-order valence-electron chi connectivity index (χ2n) is 5.30. The van der Waals surface area contributed by atoms with Crippen LogP contribution in [0.15, 0.2) is 48.5 Å². The van der Waals surface area contributed by atoms with Crippen LogP contribution >= 0.6 is 0 Å². The van der Waals surface area contributed by atoms with Crippen molar-refractivity contribution in [3.05, 3.63) is 65.2 Å². The smallest absolute Gasteiger partial charge is 0.338 e. The van der Waals surface area contributed by atoms with Gasteiger partial charge in [-0.15, -0.1) is 0 Å². The Labute approximate surface area is 146 Å². The first-order valence-corrected chi connectivity index (χ1v) is 7.65. The van der Waals surface area contributed by atoms with Gasteiger partial charge in [-0.2, -0.15) is 5.26 Å². The Morgan fingerprint density at radius 3 is 2.32 bits per heavy atom. The van der Waals surface area contributed by atoms with Crippen molar-refractivity contribution in [1.29, 1.82) is 5.26 Å². The number of carbonyl (C=O) groups excluding carboxylic acids is 2. The lowest BCUT2D eigenvalue weighted by Crippen LogP contribution is -2.35. The van der Waals surface area contributed by atoms with Crippen LogP contribution in [-0.2, 0) is 16.1 Å². The second-order valence-corrected chi connectivity index (χ2v) is 5.30. The van der Waals surface area contributed by atoms with E-state index in [9.17, 15) is 9.59 Å². The molecule has 0 saturated carbocycles. The van der Waals surface area contributed by atoms with Crippen molar-refractivity contribution in [3.63, 3.8) is 0 Å². The second kappa shape index (κ2) is 8.50. The molecule has 0 aliphatic heterocycles. The van der Waals surface area contributed by atoms with E-state index >= 15 is 0 Å². The molecule has 25 heavy (non-hydrogen) atoms. The fourth-order valence-electron chi connectivity index (χ4n) is 2.04. The monoisotopic (exact) mass is 338 g/mol. The lowest BCUT2D eigenvalue weighted by molar-refractivity contribution is -0.129. The molecule has 6 nitrogen and oxygen atoms in total. The largest absolute Gasteiger partial charge is 0.497 e. The maximum atomic E-state index is 12.1. The minimum absolute atomic E-state index is 0.286. The average Bonchev–Trinajstić information content (AvgIpc) is 2.66. The van der Waals surface area contributed by atoms with Crippen LogP contribution in [0.3, 0.4) is 0 Å². The van der Waals surface area contributed by atoms with Gasteiger partial charge in [0.25, 0.3) is 5.91 Å². The van der Waals surface area contributed by atoms with Gasteiger partial charge >= 0.3 is 5.97 Å². The summed E-state index contributed by atoms with van der Waals surface area (Å²) in [4.78, 5) is 24.1. The van der Waals surface area contributed by atoms with Gasteiger partial charge in [-0.25, -0.2) is 4.79 Å². The highest BCUT2D eigenvalue weighted by atomic mass is 16.5. The van der Waals surface area contributed by atoms with Crippen LogP contribution in [0.4, 0.5) is 0 Å². The van der Waals surface area contributed by atoms with Crippen molar-refractivity contribution in [3.8, 4) is 11.8 Å². The van der Waals surface area contributed by atoms with Gasteiger partial charge in [-0.1, -0.05) is 12.1 Å². The maximum Gasteiger partial charge on any atom is 0.338 e. The summed E-state index contributed by atoms with van der Waals surface area (Å²) >= 11 is 0. The molecule has 0 aliphatic carbocycles. The number of ether oxygens (including phenoxy) is 2. The van der Waals surface area contributed by atoms with E-state index in [-0.39, 0.29) is 5.56 Å². The SMILES string of the molecule is COc1ccc(CNC(=O)[C@H](C)OC(=O)c2ccc(C#N)cc2)cc1. The Hall–Kier alpha value is -3.33. The lowest BCUT2D eigenvalue weighted by Gasteiger charge is -2.13. The molecule has 0 fully saturated rings. The van der Waals surface area contributed by atoms with Crippen molar-refractivity contribution < 1.29 is 19.1 Å². The standard InChI is InChI=1S/C19H18N2O4/c1-13(25-19(23)16-7-3-14(11-20)4-8-16)18(22)21-12-15-5-9-17(24-2)10-6-15/h3-10,13H,12H2,1-2H3,(H,21,22)/t13-/m0/s1. The first-order chi connectivity index (χ1) is 12.0. The first kappa shape index (κ1) is 18.0. The van der Waals surface area contributed by atoms with Crippen LogP contribution in [0.5, 0.6) is 5.75 Å². The molecule has 0 spiro atoms. The predicted molar refractivity (Wildman–Crippen MR) is 90.9 cm³/mol. The molecule has 2 aromatic carbocycles. The number of nitriles is 1. The number of esters is 1. The van der Waals surface area contributed by atoms with Gasteiger partial charge in [0.15, 0.2) is 6.10 Å². The average molecular weight is 338 g/mol. The molecule has 0 saturated heterocycles. The van der Waals surface area contributed by atoms with Crippen LogP contribution in [-0.4, -0.2) is 25.1 Å². The number of methoxy groups -OCH3 is 1. The van der Waals surface area contributed by atoms with E-state index in [0.717, 1.165) is 11.3 Å². The maximum absolute atomic E-state index is 12.1. The highest BCUT2D eigenvalue weighted by molar-refractivity contribution is 5.92. The Bertz CT molecular complexity index is 777. The van der Waals surface area contributed by atoms with E-state index in [2.05, 4.69) is 5.32 Å². The Morgan fingerprint density at radius 1 is 1.12 bits per heavy atom. The van der Waals surface area contributed by atoms with Gasteiger partial charge in [0.2, 0.25) is 0 Å². The summed E-state index contributed by atoms with van der Waals surface area (Å²) in [5.74, 6) is -0.269. The zero-order chi connectivity index (χ0) is 18.2. The van der Waals surface area contributed by atoms with Gasteiger partial charge < -0.3 is 14.8 Å². The number of carbonyl (C=O) groups is 2. The Kier molecular flexibility index (Phi) is 6.13. The molecule has 2 aromatic rings. The van der Waals surface area contributed by atoms with Crippen LogP contribution in [0.1, 0.15) is 28.4 Å². The van der Waals surface area contributed by atoms with Gasteiger partial charge in [0.05, 0.1) is 24.3 Å². The summed E-state index contributed by atoms with van der Waals surface area (Å²) in [5, 5.41) is 11.5. The van der Waals surface area contributed by atoms with E-state index in [1.54, 1.807) is 19.2 Å². The highest BCUT2D eigenvalue weighted by Gasteiger charge is 2.18. The number of hydrogen-bond donors (Lipinski definition) is 1. The van der Waals surface area contributed by atoms with E-state index in [1.807, 2.05) is 18.2 Å². The van der Waals surface area contributed by atoms with E-state index in [0.29, 0.717) is 12.1 Å². The number of amides is 1. The van der Waals surface area contributed by atoms with Crippen molar-refractivity contribution in [2.45, 2.75) is 19.6 Å². The molecular formula is C19H18N2O4. The van der Waals surface area contributed by atoms with E-state index < -0.39 is 18.0 Å². The molecule has 0 aromatic heterocycles. The number of nitrogens with zero attached hydrogens (tertiary/aromatic N) is 1. The van der Waals surface area contributed by atoms with Crippen molar-refractivity contribution >= 4 is 11.9 Å². The molecular weight excluding hydrogens is 320 g/mol. The molecule has 1 atom stereocenters. The number of rotatable bonds is 6. The Morgan fingerprint density at radius 2 is 1.76 bits per heavy atom. The van der Waals surface area contributed by atoms with Crippen LogP contribution in [0, 0.1) is 11.3 Å². The third kappa shape index (κ3) is 5.08. The fraction of sp³-hybridized carbons (Fsp3) is 0.211. The molecule has 1 amide bonds. The summed E-state index contributed by atoms with van der Waals surface area (Å²) < 4.78 is 10.2. The van der Waals surface area contributed by atoms with Crippen LogP contribution < -0.4 is 10.1 Å². The summed E-state index contributed by atoms with van der Waals surface area (Å²) in [6.07, 6.45) is -0.929. The summed E-state index contributed by atoms with van der Waals surface area (Å²) in [6.45, 7) is 1.83. The van der Waals surface area contributed by atoms with Gasteiger partial charge in [0, 0.05) is 6.54 Å². The Balaban J connectivity index is 1.86. The molecule has 6 heteroatoms. The number of hydrogen-bond acceptors (Lipinski definition) is 5. The molecule has 1 N–H and O–H groups in total. The zero-order valence-corrected chi connectivity index (χ0v) is 14.0. The van der Waals surface area contributed by atoms with E-state index in [1.165, 1.54) is 31.2 Å². The third-order valence-electron chi connectivity index (χ3n) is 3.53. The molecule has 0 aliphatic rings. The van der Waals surface area contributed by atoms with E-state index in [4.69, 9.17) is 14.7 Å². The van der Waals surface area contributed by atoms with Crippen molar-refractivity contribution in [2.75, 3.05) is 7.11 Å². The highest BCUT2D eigenvalue weighted by Crippen LogP contribution is 2.11. The fourth-order valence-corrected chi connectivity index (χ4v) is 2.04. The van der Waals surface area contributed by atoms with Gasteiger partial charge in [-0.3, -0.25) is 4.79 Å². The number of nitrogens with one attached hydrogen (secondary N) is 1. The van der Waals surface area contributed by atoms with Crippen molar-refractivity contribution in [1.82, 2.24) is 5.32 Å².